The second-order valence-electron chi connectivity index (χ2n) is 11.5. The monoisotopic (exact) mass is 650 g/mol. The Balaban J connectivity index is 1.98. The molecule has 4 aromatic rings. The number of aliphatic hydroxyl groups is 1. The summed E-state index contributed by atoms with van der Waals surface area (Å²) in [4.78, 5) is 4.54. The van der Waals surface area contributed by atoms with Crippen LogP contribution >= 0.6 is 0 Å². The number of sulfonamides is 1. The summed E-state index contributed by atoms with van der Waals surface area (Å²) in [5, 5.41) is 28.1. The number of aromatic nitrogens is 4. The summed E-state index contributed by atoms with van der Waals surface area (Å²) in [7, 11) is -1.61. The molecule has 0 radical (unpaired) electrons. The lowest BCUT2D eigenvalue weighted by Crippen LogP contribution is -2.44. The molecule has 2 aromatic carbocycles. The first kappa shape index (κ1) is 33.4. The normalized spacial score (nSPS) is 13.0. The van der Waals surface area contributed by atoms with Gasteiger partial charge in [0.05, 0.1) is 39.1 Å². The van der Waals surface area contributed by atoms with Crippen molar-refractivity contribution in [1.82, 2.24) is 19.7 Å². The second-order valence-corrected chi connectivity index (χ2v) is 19.4. The highest BCUT2D eigenvalue weighted by Gasteiger charge is 2.39. The van der Waals surface area contributed by atoms with Crippen molar-refractivity contribution in [2.45, 2.75) is 44.0 Å². The van der Waals surface area contributed by atoms with Gasteiger partial charge in [-0.25, -0.2) is 17.7 Å². The summed E-state index contributed by atoms with van der Waals surface area (Å²) in [6, 6.07) is 19.2. The van der Waals surface area contributed by atoms with Crippen molar-refractivity contribution in [3.63, 3.8) is 0 Å². The number of nitrogens with zero attached hydrogens (tertiary/aromatic N) is 6. The molecule has 0 bridgehead atoms. The van der Waals surface area contributed by atoms with Crippen LogP contribution in [0.15, 0.2) is 60.7 Å². The summed E-state index contributed by atoms with van der Waals surface area (Å²) in [6.45, 7) is 7.98. The number of pyridine rings is 1. The zero-order valence-corrected chi connectivity index (χ0v) is 28.2. The fraction of sp³-hybridized carbons (Fsp3) is 0.355. The number of ether oxygens (including phenoxy) is 3. The van der Waals surface area contributed by atoms with Crippen LogP contribution in [0.25, 0.3) is 17.2 Å². The minimum atomic E-state index is -4.30. The molecule has 0 aliphatic heterocycles. The van der Waals surface area contributed by atoms with Crippen LogP contribution in [0.3, 0.4) is 0 Å². The molecule has 1 N–H and O–H groups in total. The van der Waals surface area contributed by atoms with Crippen LogP contribution in [-0.2, 0) is 10.0 Å². The Morgan fingerprint density at radius 3 is 2.13 bits per heavy atom. The molecule has 0 aliphatic rings. The van der Waals surface area contributed by atoms with Gasteiger partial charge >= 0.3 is 0 Å². The fourth-order valence-corrected chi connectivity index (χ4v) is 7.31. The van der Waals surface area contributed by atoms with Gasteiger partial charge in [0.15, 0.2) is 5.82 Å². The molecule has 2 heterocycles. The summed E-state index contributed by atoms with van der Waals surface area (Å²) in [5.74, 6) is 1.30. The summed E-state index contributed by atoms with van der Waals surface area (Å²) in [5.41, 5.74) is 1.50. The first-order valence-electron chi connectivity index (χ1n) is 14.2. The molecule has 0 unspecified atom stereocenters. The van der Waals surface area contributed by atoms with Crippen molar-refractivity contribution in [1.29, 1.82) is 5.26 Å². The number of aliphatic hydroxyl groups excluding tert-OH is 1. The van der Waals surface area contributed by atoms with Crippen LogP contribution in [0.2, 0.25) is 25.7 Å². The van der Waals surface area contributed by atoms with Crippen LogP contribution in [0, 0.1) is 11.3 Å². The molecule has 0 amide bonds. The standard InChI is InChI=1S/C31H38N6O6SSi/c1-21(29(38)23-16-14-22(20-32)15-17-23)44(39,40)36(18-19-45(5,6)7)31-35-34-30(24-10-8-13-27(33-24)43-4)37(31)28-25(41-2)11-9-12-26(28)42-3/h8-17,21,29,38H,18-19H2,1-7H3/t21-,29+/m1/s1. The topological polar surface area (TPSA) is 153 Å². The SMILES string of the molecule is COc1cccc(-c2nnc(N(CC[Si](C)(C)C)S(=O)(=O)[C@H](C)[C@H](O)c3ccc(C#N)cc3)n2-c2c(OC)cccc2OC)n1. The molecule has 12 nitrogen and oxygen atoms in total. The van der Waals surface area contributed by atoms with E-state index in [4.69, 9.17) is 14.2 Å². The van der Waals surface area contributed by atoms with E-state index in [2.05, 4.69) is 34.8 Å². The third kappa shape index (κ3) is 7.11. The lowest BCUT2D eigenvalue weighted by Gasteiger charge is -2.31. The Morgan fingerprint density at radius 1 is 0.956 bits per heavy atom. The second kappa shape index (κ2) is 13.7. The molecule has 4 rings (SSSR count). The molecular formula is C31H38N6O6SSi. The number of anilines is 1. The predicted octanol–water partition coefficient (Wildman–Crippen LogP) is 4.82. The first-order valence-corrected chi connectivity index (χ1v) is 19.4. The van der Waals surface area contributed by atoms with E-state index in [1.165, 1.54) is 32.6 Å². The number of rotatable bonds is 13. The lowest BCUT2D eigenvalue weighted by atomic mass is 10.1. The fourth-order valence-electron chi connectivity index (χ4n) is 4.68. The van der Waals surface area contributed by atoms with Crippen LogP contribution in [0.1, 0.15) is 24.2 Å². The summed E-state index contributed by atoms with van der Waals surface area (Å²) >= 11 is 0. The Labute approximate surface area is 264 Å². The zero-order valence-electron chi connectivity index (χ0n) is 26.4. The van der Waals surface area contributed by atoms with Crippen molar-refractivity contribution in [2.75, 3.05) is 32.2 Å². The van der Waals surface area contributed by atoms with Gasteiger partial charge in [-0.3, -0.25) is 4.57 Å². The lowest BCUT2D eigenvalue weighted by molar-refractivity contribution is 0.176. The third-order valence-electron chi connectivity index (χ3n) is 7.32. The number of benzene rings is 2. The number of nitriles is 1. The molecular weight excluding hydrogens is 613 g/mol. The Bertz CT molecular complexity index is 1760. The maximum absolute atomic E-state index is 14.6. The minimum absolute atomic E-state index is 0.0189. The molecule has 0 saturated carbocycles. The molecule has 45 heavy (non-hydrogen) atoms. The predicted molar refractivity (Wildman–Crippen MR) is 174 cm³/mol. The molecule has 0 saturated heterocycles. The quantitative estimate of drug-likeness (QED) is 0.199. The number of methoxy groups -OCH3 is 3. The van der Waals surface area contributed by atoms with Gasteiger partial charge in [0.1, 0.15) is 28.1 Å². The van der Waals surface area contributed by atoms with Gasteiger partial charge in [0.2, 0.25) is 21.9 Å². The van der Waals surface area contributed by atoms with E-state index < -0.39 is 29.5 Å². The van der Waals surface area contributed by atoms with E-state index >= 15 is 0 Å². The van der Waals surface area contributed by atoms with E-state index in [1.54, 1.807) is 65.2 Å². The highest BCUT2D eigenvalue weighted by molar-refractivity contribution is 7.93. The highest BCUT2D eigenvalue weighted by atomic mass is 32.2. The number of para-hydroxylation sites is 1. The summed E-state index contributed by atoms with van der Waals surface area (Å²) < 4.78 is 48.7. The van der Waals surface area contributed by atoms with Crippen LogP contribution in [0.4, 0.5) is 5.95 Å². The van der Waals surface area contributed by atoms with Crippen LogP contribution < -0.4 is 18.5 Å². The maximum atomic E-state index is 14.6. The zero-order chi connectivity index (χ0) is 32.9. The molecule has 238 valence electrons. The van der Waals surface area contributed by atoms with Gasteiger partial charge in [-0.2, -0.15) is 5.26 Å². The maximum Gasteiger partial charge on any atom is 0.246 e. The molecule has 2 atom stereocenters. The molecule has 0 aliphatic carbocycles. The van der Waals surface area contributed by atoms with E-state index in [0.717, 1.165) is 0 Å². The van der Waals surface area contributed by atoms with Gasteiger partial charge in [-0.15, -0.1) is 10.2 Å². The van der Waals surface area contributed by atoms with Gasteiger partial charge < -0.3 is 19.3 Å². The van der Waals surface area contributed by atoms with E-state index in [9.17, 15) is 18.8 Å². The van der Waals surface area contributed by atoms with Gasteiger partial charge in [-0.05, 0) is 48.9 Å². The van der Waals surface area contributed by atoms with Gasteiger partial charge in [-0.1, -0.05) is 43.9 Å². The smallest absolute Gasteiger partial charge is 0.246 e. The average molecular weight is 651 g/mol. The van der Waals surface area contributed by atoms with Crippen LogP contribution in [-0.4, -0.2) is 74.5 Å². The van der Waals surface area contributed by atoms with Crippen molar-refractivity contribution >= 4 is 24.0 Å². The number of hydrogen-bond acceptors (Lipinski definition) is 10. The highest BCUT2D eigenvalue weighted by Crippen LogP contribution is 2.40. The van der Waals surface area contributed by atoms with Crippen molar-refractivity contribution < 1.29 is 27.7 Å². The van der Waals surface area contributed by atoms with Gasteiger partial charge in [0, 0.05) is 20.7 Å². The molecule has 14 heteroatoms. The minimum Gasteiger partial charge on any atom is -0.494 e. The first-order chi connectivity index (χ1) is 21.4. The molecule has 2 aromatic heterocycles. The van der Waals surface area contributed by atoms with Crippen molar-refractivity contribution in [3.05, 3.63) is 71.8 Å². The largest absolute Gasteiger partial charge is 0.494 e. The van der Waals surface area contributed by atoms with E-state index in [1.807, 2.05) is 6.07 Å². The summed E-state index contributed by atoms with van der Waals surface area (Å²) in [6.07, 6.45) is -1.39. The van der Waals surface area contributed by atoms with Gasteiger partial charge in [0.25, 0.3) is 0 Å². The van der Waals surface area contributed by atoms with E-state index in [-0.39, 0.29) is 18.3 Å². The number of hydrogen-bond donors (Lipinski definition) is 1. The molecule has 0 fully saturated rings. The van der Waals surface area contributed by atoms with Crippen molar-refractivity contribution in [2.24, 2.45) is 0 Å². The third-order valence-corrected chi connectivity index (χ3v) is 11.2. The molecule has 0 spiro atoms. The van der Waals surface area contributed by atoms with Crippen LogP contribution in [0.5, 0.6) is 17.4 Å². The van der Waals surface area contributed by atoms with Crippen molar-refractivity contribution in [3.8, 4) is 40.7 Å². The van der Waals surface area contributed by atoms with E-state index in [0.29, 0.717) is 45.9 Å². The Morgan fingerprint density at radius 2 is 1.58 bits per heavy atom. The Hall–Kier alpha value is -4.45. The average Bonchev–Trinajstić information content (AvgIpc) is 3.47. The Kier molecular flexibility index (Phi) is 10.2.